The first-order valence-electron chi connectivity index (χ1n) is 6.78. The van der Waals surface area contributed by atoms with Gasteiger partial charge in [-0.05, 0) is 37.6 Å². The quantitative estimate of drug-likeness (QED) is 0.819. The molecule has 0 aliphatic heterocycles. The maximum Gasteiger partial charge on any atom is 0.237 e. The molecule has 0 bridgehead atoms. The van der Waals surface area contributed by atoms with Crippen LogP contribution in [0.2, 0.25) is 0 Å². The Morgan fingerprint density at radius 3 is 2.35 bits per heavy atom. The second-order valence-corrected chi connectivity index (χ2v) is 5.96. The predicted molar refractivity (Wildman–Crippen MR) is 86.2 cm³/mol. The van der Waals surface area contributed by atoms with E-state index in [1.165, 1.54) is 5.56 Å². The van der Waals surface area contributed by atoms with Crippen LogP contribution in [0.25, 0.3) is 0 Å². The Hall–Kier alpha value is -1.74. The molecule has 0 aromatic heterocycles. The van der Waals surface area contributed by atoms with E-state index in [0.717, 1.165) is 17.0 Å². The van der Waals surface area contributed by atoms with Crippen LogP contribution >= 0.6 is 11.8 Å². The minimum atomic E-state index is -0.0706. The fourth-order valence-electron chi connectivity index (χ4n) is 1.85. The minimum absolute atomic E-state index is 0.0604. The molecular formula is C17H19NOS. The minimum Gasteiger partial charge on any atom is -0.325 e. The normalized spacial score (nSPS) is 11.9. The largest absolute Gasteiger partial charge is 0.325 e. The van der Waals surface area contributed by atoms with Crippen LogP contribution in [0.1, 0.15) is 18.9 Å². The van der Waals surface area contributed by atoms with E-state index in [1.807, 2.05) is 68.4 Å². The van der Waals surface area contributed by atoms with E-state index in [4.69, 9.17) is 0 Å². The van der Waals surface area contributed by atoms with Gasteiger partial charge < -0.3 is 5.32 Å². The molecule has 2 aromatic rings. The summed E-state index contributed by atoms with van der Waals surface area (Å²) in [5, 5.41) is 2.91. The summed E-state index contributed by atoms with van der Waals surface area (Å²) in [5.74, 6) is 0.0604. The Morgan fingerprint density at radius 1 is 1.10 bits per heavy atom. The molecule has 2 aromatic carbocycles. The molecule has 0 fully saturated rings. The number of anilines is 1. The molecule has 1 unspecified atom stereocenters. The van der Waals surface area contributed by atoms with Gasteiger partial charge in [-0.25, -0.2) is 0 Å². The zero-order chi connectivity index (χ0) is 14.4. The van der Waals surface area contributed by atoms with Crippen molar-refractivity contribution < 1.29 is 4.79 Å². The number of aryl methyl sites for hydroxylation is 1. The van der Waals surface area contributed by atoms with Gasteiger partial charge in [0.1, 0.15) is 0 Å². The van der Waals surface area contributed by atoms with Crippen LogP contribution in [0.3, 0.4) is 0 Å². The van der Waals surface area contributed by atoms with E-state index in [0.29, 0.717) is 0 Å². The summed E-state index contributed by atoms with van der Waals surface area (Å²) in [5.41, 5.74) is 2.04. The maximum absolute atomic E-state index is 12.3. The van der Waals surface area contributed by atoms with E-state index < -0.39 is 0 Å². The zero-order valence-electron chi connectivity index (χ0n) is 11.8. The molecule has 0 aliphatic rings. The Labute approximate surface area is 124 Å². The van der Waals surface area contributed by atoms with Crippen LogP contribution in [-0.2, 0) is 4.79 Å². The van der Waals surface area contributed by atoms with Crippen LogP contribution in [0.15, 0.2) is 59.5 Å². The lowest BCUT2D eigenvalue weighted by molar-refractivity contribution is -0.115. The highest BCUT2D eigenvalue weighted by molar-refractivity contribution is 8.00. The molecule has 1 amide bonds. The first-order valence-corrected chi connectivity index (χ1v) is 7.66. The molecule has 0 spiro atoms. The van der Waals surface area contributed by atoms with Crippen LogP contribution in [0.4, 0.5) is 5.69 Å². The average Bonchev–Trinajstić information content (AvgIpc) is 2.48. The molecule has 0 radical (unpaired) electrons. The Balaban J connectivity index is 2.00. The lowest BCUT2D eigenvalue weighted by Crippen LogP contribution is -2.24. The smallest absolute Gasteiger partial charge is 0.237 e. The molecular weight excluding hydrogens is 266 g/mol. The van der Waals surface area contributed by atoms with Gasteiger partial charge >= 0.3 is 0 Å². The summed E-state index contributed by atoms with van der Waals surface area (Å²) >= 11 is 1.61. The lowest BCUT2D eigenvalue weighted by Gasteiger charge is -2.14. The topological polar surface area (TPSA) is 29.1 Å². The number of carbonyl (C=O) groups is 1. The van der Waals surface area contributed by atoms with Gasteiger partial charge in [-0.1, -0.05) is 42.8 Å². The number of benzene rings is 2. The van der Waals surface area contributed by atoms with Gasteiger partial charge in [-0.3, -0.25) is 4.79 Å². The van der Waals surface area contributed by atoms with Gasteiger partial charge in [0, 0.05) is 10.6 Å². The number of hydrogen-bond donors (Lipinski definition) is 1. The maximum atomic E-state index is 12.3. The number of rotatable bonds is 5. The first kappa shape index (κ1) is 14.7. The van der Waals surface area contributed by atoms with Crippen molar-refractivity contribution in [1.82, 2.24) is 0 Å². The summed E-state index contributed by atoms with van der Waals surface area (Å²) in [7, 11) is 0. The highest BCUT2D eigenvalue weighted by Crippen LogP contribution is 2.26. The summed E-state index contributed by atoms with van der Waals surface area (Å²) in [6, 6.07) is 17.9. The molecule has 104 valence electrons. The molecule has 1 atom stereocenters. The second-order valence-electron chi connectivity index (χ2n) is 4.68. The van der Waals surface area contributed by atoms with Crippen molar-refractivity contribution >= 4 is 23.4 Å². The zero-order valence-corrected chi connectivity index (χ0v) is 12.6. The van der Waals surface area contributed by atoms with E-state index in [9.17, 15) is 4.79 Å². The van der Waals surface area contributed by atoms with Crippen molar-refractivity contribution in [1.29, 1.82) is 0 Å². The third kappa shape index (κ3) is 4.14. The lowest BCUT2D eigenvalue weighted by atomic mass is 10.2. The molecule has 0 aliphatic carbocycles. The summed E-state index contributed by atoms with van der Waals surface area (Å²) in [6.45, 7) is 4.07. The highest BCUT2D eigenvalue weighted by atomic mass is 32.2. The average molecular weight is 285 g/mol. The molecule has 2 nitrogen and oxygen atoms in total. The van der Waals surface area contributed by atoms with Crippen molar-refractivity contribution in [3.05, 3.63) is 60.2 Å². The standard InChI is InChI=1S/C17H19NOS/c1-3-16(20-15-7-5-4-6-8-15)17(19)18-14-11-9-13(2)10-12-14/h4-12,16H,3H2,1-2H3,(H,18,19). The SMILES string of the molecule is CCC(Sc1ccccc1)C(=O)Nc1ccc(C)cc1. The van der Waals surface area contributed by atoms with Gasteiger partial charge in [0.05, 0.1) is 5.25 Å². The van der Waals surface area contributed by atoms with E-state index in [1.54, 1.807) is 11.8 Å². The summed E-state index contributed by atoms with van der Waals surface area (Å²) < 4.78 is 0. The van der Waals surface area contributed by atoms with Crippen molar-refractivity contribution in [2.24, 2.45) is 0 Å². The van der Waals surface area contributed by atoms with Crippen LogP contribution in [-0.4, -0.2) is 11.2 Å². The van der Waals surface area contributed by atoms with Crippen molar-refractivity contribution in [2.75, 3.05) is 5.32 Å². The third-order valence-corrected chi connectivity index (χ3v) is 4.38. The molecule has 0 saturated heterocycles. The number of nitrogens with one attached hydrogen (secondary N) is 1. The van der Waals surface area contributed by atoms with Gasteiger partial charge in [0.25, 0.3) is 0 Å². The molecule has 20 heavy (non-hydrogen) atoms. The van der Waals surface area contributed by atoms with Gasteiger partial charge in [-0.15, -0.1) is 11.8 Å². The van der Waals surface area contributed by atoms with Crippen molar-refractivity contribution in [2.45, 2.75) is 30.4 Å². The monoisotopic (exact) mass is 285 g/mol. The Morgan fingerprint density at radius 2 is 1.75 bits per heavy atom. The first-order chi connectivity index (χ1) is 9.69. The van der Waals surface area contributed by atoms with Gasteiger partial charge in [0.2, 0.25) is 5.91 Å². The molecule has 0 heterocycles. The fraction of sp³-hybridized carbons (Fsp3) is 0.235. The molecule has 3 heteroatoms. The van der Waals surface area contributed by atoms with E-state index >= 15 is 0 Å². The number of hydrogen-bond acceptors (Lipinski definition) is 2. The third-order valence-electron chi connectivity index (χ3n) is 3.00. The van der Waals surface area contributed by atoms with Crippen molar-refractivity contribution in [3.63, 3.8) is 0 Å². The molecule has 1 N–H and O–H groups in total. The predicted octanol–water partition coefficient (Wildman–Crippen LogP) is 4.50. The second kappa shape index (κ2) is 7.15. The highest BCUT2D eigenvalue weighted by Gasteiger charge is 2.17. The number of carbonyl (C=O) groups excluding carboxylic acids is 1. The van der Waals surface area contributed by atoms with Gasteiger partial charge in [-0.2, -0.15) is 0 Å². The van der Waals surface area contributed by atoms with E-state index in [-0.39, 0.29) is 11.2 Å². The summed E-state index contributed by atoms with van der Waals surface area (Å²) in [4.78, 5) is 13.4. The number of amides is 1. The van der Waals surface area contributed by atoms with Crippen LogP contribution < -0.4 is 5.32 Å². The Bertz CT molecular complexity index is 551. The molecule has 0 saturated carbocycles. The van der Waals surface area contributed by atoms with Crippen molar-refractivity contribution in [3.8, 4) is 0 Å². The van der Waals surface area contributed by atoms with Gasteiger partial charge in [0.15, 0.2) is 0 Å². The fourth-order valence-corrected chi connectivity index (χ4v) is 2.82. The van der Waals surface area contributed by atoms with Crippen LogP contribution in [0, 0.1) is 6.92 Å². The van der Waals surface area contributed by atoms with Crippen LogP contribution in [0.5, 0.6) is 0 Å². The number of thioether (sulfide) groups is 1. The Kier molecular flexibility index (Phi) is 5.24. The van der Waals surface area contributed by atoms with E-state index in [2.05, 4.69) is 5.32 Å². The summed E-state index contributed by atoms with van der Waals surface area (Å²) in [6.07, 6.45) is 0.803. The molecule has 2 rings (SSSR count).